The van der Waals surface area contributed by atoms with Gasteiger partial charge in [0.25, 0.3) is 0 Å². The van der Waals surface area contributed by atoms with Crippen LogP contribution < -0.4 is 9.88 Å². The van der Waals surface area contributed by atoms with E-state index in [4.69, 9.17) is 9.88 Å². The fourth-order valence-corrected chi connectivity index (χ4v) is 16.5. The Morgan fingerprint density at radius 2 is 2.60 bits per heavy atom. The summed E-state index contributed by atoms with van der Waals surface area (Å²) < 4.78 is 23.3. The molecule has 2 rings (SSSR count). The zero-order valence-electron chi connectivity index (χ0n) is 7.93. The van der Waals surface area contributed by atoms with Gasteiger partial charge in [-0.05, 0) is 0 Å². The van der Waals surface area contributed by atoms with Crippen LogP contribution in [0.2, 0.25) is 0 Å². The molecular formula is C6H10IN4O2STl. The Morgan fingerprint density at radius 1 is 1.80 bits per heavy atom. The average molecular weight is 534 g/mol. The van der Waals surface area contributed by atoms with Gasteiger partial charge >= 0.3 is 110 Å². The minimum absolute atomic E-state index is 0.457. The molecule has 1 aliphatic heterocycles. The molecule has 0 fully saturated rings. The quantitative estimate of drug-likeness (QED) is 0.432. The van der Waals surface area contributed by atoms with E-state index >= 15 is 0 Å². The van der Waals surface area contributed by atoms with Crippen LogP contribution in [0.1, 0.15) is 6.42 Å². The Hall–Kier alpha value is 0.572. The zero-order valence-corrected chi connectivity index (χ0v) is 16.4. The molecule has 1 aromatic heterocycles. The molecule has 15 heavy (non-hydrogen) atoms. The Balaban J connectivity index is 2.50. The first-order valence-electron chi connectivity index (χ1n) is 4.40. The van der Waals surface area contributed by atoms with Gasteiger partial charge in [0.15, 0.2) is 0 Å². The number of aryl methyl sites for hydroxylation is 1. The van der Waals surface area contributed by atoms with Crippen molar-refractivity contribution in [3.05, 3.63) is 6.20 Å². The number of nitrogens with two attached hydrogens (primary N) is 1. The summed E-state index contributed by atoms with van der Waals surface area (Å²) in [5, 5.41) is 9.80. The molecule has 1 aliphatic rings. The van der Waals surface area contributed by atoms with Crippen molar-refractivity contribution in [2.45, 2.75) is 17.9 Å². The summed E-state index contributed by atoms with van der Waals surface area (Å²) in [4.78, 5) is 0.457. The van der Waals surface area contributed by atoms with Crippen molar-refractivity contribution >= 4 is 47.9 Å². The molecule has 0 spiro atoms. The Labute approximate surface area is 109 Å². The monoisotopic (exact) mass is 534 g/mol. The van der Waals surface area contributed by atoms with Crippen LogP contribution in [-0.4, -0.2) is 40.8 Å². The summed E-state index contributed by atoms with van der Waals surface area (Å²) in [5.74, 6) is 0.538. The SMILES string of the molecule is NS(=O)(=[N][TlH][I])c1cnn2c1OCCC2. The summed E-state index contributed by atoms with van der Waals surface area (Å²) in [7, 11) is -2.75. The van der Waals surface area contributed by atoms with Gasteiger partial charge in [0.2, 0.25) is 0 Å². The second kappa shape index (κ2) is 4.83. The fraction of sp³-hybridized carbons (Fsp3) is 0.500. The van der Waals surface area contributed by atoms with Gasteiger partial charge < -0.3 is 0 Å². The number of rotatable bonds is 2. The molecule has 6 nitrogen and oxygen atoms in total. The molecule has 9 heteroatoms. The van der Waals surface area contributed by atoms with Crippen molar-refractivity contribution in [3.63, 3.8) is 0 Å². The van der Waals surface area contributed by atoms with E-state index in [-0.39, 0.29) is 0 Å². The third-order valence-electron chi connectivity index (χ3n) is 2.07. The normalized spacial score (nSPS) is 18.5. The Bertz CT molecular complexity index is 481. The van der Waals surface area contributed by atoms with E-state index in [0.29, 0.717) is 17.4 Å². The van der Waals surface area contributed by atoms with E-state index < -0.39 is 30.2 Å². The van der Waals surface area contributed by atoms with Gasteiger partial charge in [0.1, 0.15) is 0 Å². The first-order valence-corrected chi connectivity index (χ1v) is 23.9. The van der Waals surface area contributed by atoms with E-state index in [9.17, 15) is 4.21 Å². The van der Waals surface area contributed by atoms with Gasteiger partial charge in [-0.3, -0.25) is 0 Å². The van der Waals surface area contributed by atoms with Gasteiger partial charge in [-0.25, -0.2) is 0 Å². The number of hydrogen-bond donors (Lipinski definition) is 1. The first-order chi connectivity index (χ1) is 7.15. The van der Waals surface area contributed by atoms with E-state index in [1.165, 1.54) is 6.20 Å². The summed E-state index contributed by atoms with van der Waals surface area (Å²) >= 11 is 0.814. The van der Waals surface area contributed by atoms with Crippen LogP contribution in [0, 0.1) is 0 Å². The standard InChI is InChI=1S/C6H9N4O2S.HI.Tl.H/c7-13(8,11)5-4-9-10-2-1-3-12-6(5)10;;;/h4H,1-3H2,(H2-,7,8,11);1H;;/q-1;;+2;/p-1. The van der Waals surface area contributed by atoms with E-state index in [1.54, 1.807) is 4.68 Å². The predicted molar refractivity (Wildman–Crippen MR) is 66.5 cm³/mol. The van der Waals surface area contributed by atoms with E-state index in [1.807, 2.05) is 0 Å². The first kappa shape index (κ1) is 12.0. The van der Waals surface area contributed by atoms with Crippen LogP contribution >= 0.6 is 17.8 Å². The van der Waals surface area contributed by atoms with E-state index in [2.05, 4.69) is 25.0 Å². The third kappa shape index (κ3) is 2.46. The molecule has 1 aromatic rings. The molecule has 82 valence electrons. The molecular weight excluding hydrogens is 523 g/mol. The van der Waals surface area contributed by atoms with Crippen molar-refractivity contribution in [1.29, 1.82) is 0 Å². The van der Waals surface area contributed by atoms with Crippen LogP contribution in [0.5, 0.6) is 5.88 Å². The summed E-state index contributed by atoms with van der Waals surface area (Å²) in [5.41, 5.74) is 0. The number of aromatic nitrogens is 2. The topological polar surface area (TPSA) is 82.5 Å². The van der Waals surface area contributed by atoms with Gasteiger partial charge in [-0.2, -0.15) is 0 Å². The molecule has 0 amide bonds. The van der Waals surface area contributed by atoms with Crippen LogP contribution in [-0.2, 0) is 16.5 Å². The van der Waals surface area contributed by atoms with Crippen LogP contribution in [0.4, 0.5) is 0 Å². The summed E-state index contributed by atoms with van der Waals surface area (Å²) in [6.07, 6.45) is 2.44. The fourth-order valence-electron chi connectivity index (χ4n) is 1.39. The molecule has 1 atom stereocenters. The average Bonchev–Trinajstić information content (AvgIpc) is 2.61. The Morgan fingerprint density at radius 3 is 3.33 bits per heavy atom. The zero-order chi connectivity index (χ0) is 10.9. The van der Waals surface area contributed by atoms with Crippen molar-refractivity contribution in [2.75, 3.05) is 6.61 Å². The number of fused-ring (bicyclic) bond motifs is 1. The number of hydrogen-bond acceptors (Lipinski definition) is 4. The molecule has 0 bridgehead atoms. The maximum absolute atomic E-state index is 12.0. The van der Waals surface area contributed by atoms with Crippen molar-refractivity contribution < 1.29 is 8.95 Å². The second-order valence-electron chi connectivity index (χ2n) is 3.06. The van der Waals surface area contributed by atoms with Crippen LogP contribution in [0.3, 0.4) is 0 Å². The van der Waals surface area contributed by atoms with Crippen molar-refractivity contribution in [2.24, 2.45) is 7.31 Å². The summed E-state index contributed by atoms with van der Waals surface area (Å²) in [6, 6.07) is 0. The third-order valence-corrected chi connectivity index (χ3v) is 16.4. The van der Waals surface area contributed by atoms with Crippen molar-refractivity contribution in [1.82, 2.24) is 9.78 Å². The minimum atomic E-state index is -2.75. The van der Waals surface area contributed by atoms with Gasteiger partial charge in [-0.15, -0.1) is 0 Å². The second-order valence-corrected chi connectivity index (χ2v) is 14.8. The van der Waals surface area contributed by atoms with Gasteiger partial charge in [0.05, 0.1) is 0 Å². The molecule has 0 aromatic carbocycles. The van der Waals surface area contributed by atoms with E-state index in [0.717, 1.165) is 13.0 Å². The molecule has 0 aliphatic carbocycles. The molecule has 1 unspecified atom stereocenters. The van der Waals surface area contributed by atoms with Crippen molar-refractivity contribution in [3.8, 4) is 5.88 Å². The molecule has 2 N–H and O–H groups in total. The van der Waals surface area contributed by atoms with Crippen LogP contribution in [0.25, 0.3) is 0 Å². The Kier molecular flexibility index (Phi) is 3.88. The van der Waals surface area contributed by atoms with Gasteiger partial charge in [0, 0.05) is 0 Å². The van der Waals surface area contributed by atoms with Crippen LogP contribution in [0.15, 0.2) is 13.3 Å². The molecule has 2 heterocycles. The summed E-state index contributed by atoms with van der Waals surface area (Å²) in [6.45, 7) is 1.42. The van der Waals surface area contributed by atoms with Gasteiger partial charge in [-0.1, -0.05) is 0 Å². The maximum atomic E-state index is 12.0. The molecule has 0 saturated carbocycles. The number of nitrogens with zero attached hydrogens (tertiary/aromatic N) is 3. The molecule has 0 radical (unpaired) electrons. The number of halogens is 1. The predicted octanol–water partition coefficient (Wildman–Crippen LogP) is 0.0677. The molecule has 0 saturated heterocycles. The number of ether oxygens (including phenoxy) is 1.